The number of unbranched alkanes of at least 4 members (excludes halogenated alkanes) is 1. The van der Waals surface area contributed by atoms with E-state index < -0.39 is 0 Å². The first kappa shape index (κ1) is 16.1. The Morgan fingerprint density at radius 2 is 2.00 bits per heavy atom. The molecule has 1 aliphatic rings. The fraction of sp³-hybridized carbons (Fsp3) is 0.647. The van der Waals surface area contributed by atoms with Gasteiger partial charge in [0.1, 0.15) is 13.2 Å². The molecule has 1 aliphatic heterocycles. The van der Waals surface area contributed by atoms with Crippen LogP contribution in [-0.4, -0.2) is 44.3 Å². The minimum Gasteiger partial charge on any atom is -0.486 e. The number of rotatable bonds is 8. The van der Waals surface area contributed by atoms with Crippen LogP contribution in [0.1, 0.15) is 32.3 Å². The number of nitrogens with one attached hydrogen (secondary N) is 1. The summed E-state index contributed by atoms with van der Waals surface area (Å²) in [4.78, 5) is 2.39. The number of para-hydroxylation sites is 1. The number of hydrogen-bond donors (Lipinski definition) is 1. The van der Waals surface area contributed by atoms with Crippen LogP contribution in [0.25, 0.3) is 0 Å². The van der Waals surface area contributed by atoms with Crippen molar-refractivity contribution in [2.45, 2.75) is 39.3 Å². The molecule has 0 amide bonds. The lowest BCUT2D eigenvalue weighted by Crippen LogP contribution is -2.27. The number of fused-ring (bicyclic) bond motifs is 1. The van der Waals surface area contributed by atoms with E-state index in [1.54, 1.807) is 0 Å². The molecule has 1 aromatic rings. The molecule has 0 unspecified atom stereocenters. The van der Waals surface area contributed by atoms with Crippen LogP contribution in [0.2, 0.25) is 0 Å². The van der Waals surface area contributed by atoms with Gasteiger partial charge in [-0.3, -0.25) is 0 Å². The second-order valence-corrected chi connectivity index (χ2v) is 5.90. The van der Waals surface area contributed by atoms with Gasteiger partial charge in [0.15, 0.2) is 11.5 Å². The molecule has 2 rings (SSSR count). The minimum atomic E-state index is 0.631. The first-order valence-electron chi connectivity index (χ1n) is 7.97. The van der Waals surface area contributed by atoms with Crippen molar-refractivity contribution < 1.29 is 9.47 Å². The summed E-state index contributed by atoms with van der Waals surface area (Å²) in [7, 11) is 2.19. The predicted octanol–water partition coefficient (Wildman–Crippen LogP) is 2.67. The number of benzene rings is 1. The molecule has 1 heterocycles. The van der Waals surface area contributed by atoms with Gasteiger partial charge in [-0.05, 0) is 52.9 Å². The third-order valence-corrected chi connectivity index (χ3v) is 3.96. The molecule has 0 atom stereocenters. The van der Waals surface area contributed by atoms with E-state index in [9.17, 15) is 0 Å². The monoisotopic (exact) mass is 292 g/mol. The van der Waals surface area contributed by atoms with Crippen molar-refractivity contribution >= 4 is 0 Å². The van der Waals surface area contributed by atoms with Gasteiger partial charge in [-0.1, -0.05) is 12.1 Å². The summed E-state index contributed by atoms with van der Waals surface area (Å²) in [5.41, 5.74) is 1.19. The van der Waals surface area contributed by atoms with Gasteiger partial charge in [-0.15, -0.1) is 0 Å². The lowest BCUT2D eigenvalue weighted by Gasteiger charge is -2.21. The molecule has 4 heteroatoms. The van der Waals surface area contributed by atoms with Crippen molar-refractivity contribution in [3.8, 4) is 11.5 Å². The Balaban J connectivity index is 1.67. The van der Waals surface area contributed by atoms with E-state index in [0.717, 1.165) is 31.1 Å². The first-order valence-corrected chi connectivity index (χ1v) is 7.97. The van der Waals surface area contributed by atoms with Crippen molar-refractivity contribution in [3.05, 3.63) is 23.8 Å². The van der Waals surface area contributed by atoms with E-state index in [-0.39, 0.29) is 0 Å². The second-order valence-electron chi connectivity index (χ2n) is 5.90. The van der Waals surface area contributed by atoms with Crippen molar-refractivity contribution in [2.75, 3.05) is 33.4 Å². The zero-order valence-corrected chi connectivity index (χ0v) is 13.5. The maximum atomic E-state index is 5.72. The minimum absolute atomic E-state index is 0.631. The van der Waals surface area contributed by atoms with Gasteiger partial charge in [-0.25, -0.2) is 0 Å². The maximum Gasteiger partial charge on any atom is 0.165 e. The second kappa shape index (κ2) is 8.25. The Morgan fingerprint density at radius 1 is 1.19 bits per heavy atom. The molecule has 0 saturated carbocycles. The van der Waals surface area contributed by atoms with Gasteiger partial charge in [0.2, 0.25) is 0 Å². The van der Waals surface area contributed by atoms with Crippen LogP contribution in [0.3, 0.4) is 0 Å². The van der Waals surface area contributed by atoms with Crippen LogP contribution in [0.15, 0.2) is 18.2 Å². The molecular weight excluding hydrogens is 264 g/mol. The van der Waals surface area contributed by atoms with Gasteiger partial charge >= 0.3 is 0 Å². The van der Waals surface area contributed by atoms with Crippen LogP contribution < -0.4 is 14.8 Å². The molecule has 1 aromatic carbocycles. The Morgan fingerprint density at radius 3 is 2.81 bits per heavy atom. The summed E-state index contributed by atoms with van der Waals surface area (Å²) in [5, 5.41) is 3.50. The standard InChI is InChI=1S/C17H28N2O2/c1-14(2)19(3)10-5-4-9-18-13-15-7-6-8-16-17(15)21-12-11-20-16/h6-8,14,18H,4-5,9-13H2,1-3H3. The molecule has 1 N–H and O–H groups in total. The fourth-order valence-corrected chi connectivity index (χ4v) is 2.37. The van der Waals surface area contributed by atoms with Crippen molar-refractivity contribution in [1.29, 1.82) is 0 Å². The van der Waals surface area contributed by atoms with Crippen LogP contribution in [0.5, 0.6) is 11.5 Å². The highest BCUT2D eigenvalue weighted by atomic mass is 16.6. The zero-order chi connectivity index (χ0) is 15.1. The Kier molecular flexibility index (Phi) is 6.33. The van der Waals surface area contributed by atoms with Crippen LogP contribution in [-0.2, 0) is 6.54 Å². The number of ether oxygens (including phenoxy) is 2. The molecule has 0 spiro atoms. The van der Waals surface area contributed by atoms with Gasteiger partial charge in [0.05, 0.1) is 0 Å². The van der Waals surface area contributed by atoms with E-state index >= 15 is 0 Å². The molecule has 0 aliphatic carbocycles. The molecule has 118 valence electrons. The van der Waals surface area contributed by atoms with Gasteiger partial charge in [0.25, 0.3) is 0 Å². The summed E-state index contributed by atoms with van der Waals surface area (Å²) in [6, 6.07) is 6.74. The van der Waals surface area contributed by atoms with E-state index in [4.69, 9.17) is 9.47 Å². The molecule has 0 aromatic heterocycles. The molecular formula is C17H28N2O2. The average Bonchev–Trinajstić information content (AvgIpc) is 2.50. The van der Waals surface area contributed by atoms with Gasteiger partial charge < -0.3 is 19.7 Å². The topological polar surface area (TPSA) is 33.7 Å². The molecule has 21 heavy (non-hydrogen) atoms. The van der Waals surface area contributed by atoms with Crippen LogP contribution >= 0.6 is 0 Å². The van der Waals surface area contributed by atoms with Crippen LogP contribution in [0.4, 0.5) is 0 Å². The highest BCUT2D eigenvalue weighted by molar-refractivity contribution is 5.47. The largest absolute Gasteiger partial charge is 0.486 e. The lowest BCUT2D eigenvalue weighted by molar-refractivity contribution is 0.169. The van der Waals surface area contributed by atoms with E-state index in [2.05, 4.69) is 37.2 Å². The molecule has 0 fully saturated rings. The highest BCUT2D eigenvalue weighted by Gasteiger charge is 2.14. The van der Waals surface area contributed by atoms with E-state index in [1.165, 1.54) is 18.4 Å². The third kappa shape index (κ3) is 4.90. The Bertz CT molecular complexity index is 435. The summed E-state index contributed by atoms with van der Waals surface area (Å²) in [6.45, 7) is 8.80. The van der Waals surface area contributed by atoms with Gasteiger partial charge in [0, 0.05) is 18.2 Å². The molecule has 0 bridgehead atoms. The quantitative estimate of drug-likeness (QED) is 0.747. The Hall–Kier alpha value is -1.26. The van der Waals surface area contributed by atoms with E-state index in [1.807, 2.05) is 12.1 Å². The molecule has 0 saturated heterocycles. The summed E-state index contributed by atoms with van der Waals surface area (Å²) in [5.74, 6) is 1.79. The van der Waals surface area contributed by atoms with Crippen LogP contribution in [0, 0.1) is 0 Å². The fourth-order valence-electron chi connectivity index (χ4n) is 2.37. The van der Waals surface area contributed by atoms with E-state index in [0.29, 0.717) is 19.3 Å². The molecule has 0 radical (unpaired) electrons. The lowest BCUT2D eigenvalue weighted by atomic mass is 10.1. The normalized spacial score (nSPS) is 14.0. The zero-order valence-electron chi connectivity index (χ0n) is 13.5. The third-order valence-electron chi connectivity index (χ3n) is 3.96. The first-order chi connectivity index (χ1) is 10.2. The van der Waals surface area contributed by atoms with Gasteiger partial charge in [-0.2, -0.15) is 0 Å². The Labute approximate surface area is 128 Å². The maximum absolute atomic E-state index is 5.72. The summed E-state index contributed by atoms with van der Waals surface area (Å²) in [6.07, 6.45) is 2.43. The SMILES string of the molecule is CC(C)N(C)CCCCNCc1cccc2c1OCCO2. The summed E-state index contributed by atoms with van der Waals surface area (Å²) < 4.78 is 11.3. The summed E-state index contributed by atoms with van der Waals surface area (Å²) >= 11 is 0. The van der Waals surface area contributed by atoms with Crippen molar-refractivity contribution in [1.82, 2.24) is 10.2 Å². The average molecular weight is 292 g/mol. The van der Waals surface area contributed by atoms with Crippen molar-refractivity contribution in [2.24, 2.45) is 0 Å². The molecule has 4 nitrogen and oxygen atoms in total. The number of nitrogens with zero attached hydrogens (tertiary/aromatic N) is 1. The highest BCUT2D eigenvalue weighted by Crippen LogP contribution is 2.33. The van der Waals surface area contributed by atoms with Crippen molar-refractivity contribution in [3.63, 3.8) is 0 Å². The smallest absolute Gasteiger partial charge is 0.165 e. The number of hydrogen-bond acceptors (Lipinski definition) is 4. The predicted molar refractivity (Wildman–Crippen MR) is 86.1 cm³/mol.